The summed E-state index contributed by atoms with van der Waals surface area (Å²) < 4.78 is 18.0. The first kappa shape index (κ1) is 37.6. The Bertz CT molecular complexity index is 2050. The Labute approximate surface area is 306 Å². The molecule has 2 N–H and O–H groups in total. The fraction of sp³-hybridized carbons (Fsp3) is 0.378. The second-order valence-corrected chi connectivity index (χ2v) is 13.9. The van der Waals surface area contributed by atoms with E-state index in [0.717, 1.165) is 25.2 Å². The van der Waals surface area contributed by atoms with Crippen LogP contribution in [0, 0.1) is 16.7 Å². The number of anilines is 2. The number of nitrogens with zero attached hydrogens (tertiary/aromatic N) is 5. The van der Waals surface area contributed by atoms with Gasteiger partial charge in [0.1, 0.15) is 28.8 Å². The largest absolute Gasteiger partial charge is 0.497 e. The molecule has 4 aromatic rings. The van der Waals surface area contributed by atoms with Crippen molar-refractivity contribution in [3.05, 3.63) is 80.2 Å². The number of aromatic nitrogens is 3. The molecule has 0 aliphatic carbocycles. The highest BCUT2D eigenvalue weighted by Gasteiger charge is 2.20. The number of amides is 1. The Balaban J connectivity index is 1.47. The minimum atomic E-state index is -0.543. The van der Waals surface area contributed by atoms with Crippen molar-refractivity contribution in [3.63, 3.8) is 0 Å². The maximum atomic E-state index is 14.3. The number of allylic oxidation sites excluding steroid dienone is 1. The maximum Gasteiger partial charge on any atom is 0.266 e. The van der Waals surface area contributed by atoms with Crippen LogP contribution >= 0.6 is 23.2 Å². The summed E-state index contributed by atoms with van der Waals surface area (Å²) in [7, 11) is 3.02. The van der Waals surface area contributed by atoms with E-state index in [1.165, 1.54) is 14.2 Å². The smallest absolute Gasteiger partial charge is 0.266 e. The van der Waals surface area contributed by atoms with Crippen molar-refractivity contribution < 1.29 is 19.0 Å². The number of fused-ring (bicyclic) bond motifs is 1. The zero-order valence-corrected chi connectivity index (χ0v) is 30.8. The van der Waals surface area contributed by atoms with Gasteiger partial charge in [-0.25, -0.2) is 4.98 Å². The summed E-state index contributed by atoms with van der Waals surface area (Å²) >= 11 is 13.4. The van der Waals surface area contributed by atoms with Gasteiger partial charge < -0.3 is 24.8 Å². The van der Waals surface area contributed by atoms with E-state index in [9.17, 15) is 14.9 Å². The van der Waals surface area contributed by atoms with E-state index in [1.54, 1.807) is 47.2 Å². The van der Waals surface area contributed by atoms with Crippen LogP contribution in [0.1, 0.15) is 26.3 Å². The second kappa shape index (κ2) is 16.6. The molecule has 268 valence electrons. The molecule has 3 heterocycles. The van der Waals surface area contributed by atoms with Gasteiger partial charge in [0.25, 0.3) is 11.5 Å². The molecular formula is C37H41Cl2N7O5. The van der Waals surface area contributed by atoms with Crippen molar-refractivity contribution in [3.8, 4) is 28.7 Å². The highest BCUT2D eigenvalue weighted by Crippen LogP contribution is 2.38. The third-order valence-electron chi connectivity index (χ3n) is 8.25. The highest BCUT2D eigenvalue weighted by atomic mass is 35.5. The number of nitrogens with one attached hydrogen (secondary N) is 2. The Morgan fingerprint density at radius 3 is 2.51 bits per heavy atom. The molecule has 0 radical (unpaired) electrons. The molecule has 51 heavy (non-hydrogen) atoms. The number of hydrogen-bond donors (Lipinski definition) is 2. The predicted molar refractivity (Wildman–Crippen MR) is 200 cm³/mol. The maximum absolute atomic E-state index is 14.3. The number of rotatable bonds is 12. The number of hydrogen-bond acceptors (Lipinski definition) is 10. The zero-order valence-electron chi connectivity index (χ0n) is 29.3. The fourth-order valence-electron chi connectivity index (χ4n) is 5.66. The van der Waals surface area contributed by atoms with Crippen LogP contribution in [-0.2, 0) is 22.5 Å². The topological polar surface area (TPSA) is 144 Å². The third kappa shape index (κ3) is 9.36. The van der Waals surface area contributed by atoms with Gasteiger partial charge >= 0.3 is 0 Å². The second-order valence-electron chi connectivity index (χ2n) is 13.1. The number of ether oxygens (including phenoxy) is 3. The highest BCUT2D eigenvalue weighted by molar-refractivity contribution is 6.35. The zero-order chi connectivity index (χ0) is 36.7. The molecule has 1 amide bonds. The normalized spacial score (nSPS) is 13.9. The summed E-state index contributed by atoms with van der Waals surface area (Å²) in [6, 6.07) is 12.3. The molecule has 0 unspecified atom stereocenters. The van der Waals surface area contributed by atoms with E-state index in [0.29, 0.717) is 76.5 Å². The van der Waals surface area contributed by atoms with E-state index < -0.39 is 5.91 Å². The molecule has 5 rings (SSSR count). The minimum Gasteiger partial charge on any atom is -0.497 e. The number of aryl methyl sites for hydroxylation is 2. The quantitative estimate of drug-likeness (QED) is 0.128. The van der Waals surface area contributed by atoms with Gasteiger partial charge in [0.2, 0.25) is 5.95 Å². The summed E-state index contributed by atoms with van der Waals surface area (Å²) in [5, 5.41) is 16.7. The van der Waals surface area contributed by atoms with Crippen LogP contribution in [0.5, 0.6) is 11.5 Å². The van der Waals surface area contributed by atoms with Gasteiger partial charge in [0.15, 0.2) is 0 Å². The minimum absolute atomic E-state index is 0.000480. The molecular weight excluding hydrogens is 693 g/mol. The molecule has 1 saturated heterocycles. The first-order valence-corrected chi connectivity index (χ1v) is 17.3. The number of morpholine rings is 1. The molecule has 1 fully saturated rings. The number of carbonyl (C=O) groups is 1. The van der Waals surface area contributed by atoms with Crippen LogP contribution in [0.25, 0.3) is 22.2 Å². The van der Waals surface area contributed by atoms with Gasteiger partial charge in [-0.3, -0.25) is 19.1 Å². The molecule has 0 bridgehead atoms. The van der Waals surface area contributed by atoms with Crippen molar-refractivity contribution in [2.45, 2.75) is 33.7 Å². The molecule has 2 aromatic carbocycles. The Morgan fingerprint density at radius 2 is 1.84 bits per heavy atom. The van der Waals surface area contributed by atoms with Crippen LogP contribution < -0.4 is 25.7 Å². The lowest BCUT2D eigenvalue weighted by Gasteiger charge is -2.26. The molecule has 1 aliphatic heterocycles. The summed E-state index contributed by atoms with van der Waals surface area (Å²) in [6.07, 6.45) is 3.70. The predicted octanol–water partition coefficient (Wildman–Crippen LogP) is 6.20. The van der Waals surface area contributed by atoms with E-state index in [2.05, 4.69) is 20.5 Å². The van der Waals surface area contributed by atoms with Crippen LogP contribution in [0.2, 0.25) is 10.0 Å². The lowest BCUT2D eigenvalue weighted by atomic mass is 9.93. The lowest BCUT2D eigenvalue weighted by Crippen LogP contribution is -2.39. The number of nitriles is 1. The SMILES string of the molecule is COc1cc(OC)c(Cl)c(-c2cc3cnc(NCCN4CCOCC4)nc3n(CCc3ccc(NC(=O)C(C#N)=CC(C)(C)C)c(Cl)c3)c2=O)c1. The molecule has 0 saturated carbocycles. The number of methoxy groups -OCH3 is 2. The van der Waals surface area contributed by atoms with E-state index in [1.807, 2.05) is 32.9 Å². The summed E-state index contributed by atoms with van der Waals surface area (Å²) in [6.45, 7) is 10.5. The molecule has 14 heteroatoms. The van der Waals surface area contributed by atoms with Gasteiger partial charge in [-0.05, 0) is 41.7 Å². The monoisotopic (exact) mass is 733 g/mol. The van der Waals surface area contributed by atoms with Crippen LogP contribution in [-0.4, -0.2) is 79.0 Å². The van der Waals surface area contributed by atoms with Crippen molar-refractivity contribution in [2.24, 2.45) is 5.41 Å². The van der Waals surface area contributed by atoms with Gasteiger partial charge in [-0.1, -0.05) is 56.1 Å². The summed E-state index contributed by atoms with van der Waals surface area (Å²) in [5.74, 6) is 0.702. The number of carbonyl (C=O) groups excluding carboxylic acids is 1. The van der Waals surface area contributed by atoms with Gasteiger partial charge in [0, 0.05) is 61.5 Å². The molecule has 12 nitrogen and oxygen atoms in total. The first-order chi connectivity index (χ1) is 24.4. The van der Waals surface area contributed by atoms with Crippen LogP contribution in [0.15, 0.2) is 59.0 Å². The molecule has 0 spiro atoms. The number of pyridine rings is 1. The summed E-state index contributed by atoms with van der Waals surface area (Å²) in [5.41, 5.74) is 1.73. The Hall–Kier alpha value is -4.67. The molecule has 1 aliphatic rings. The van der Waals surface area contributed by atoms with Crippen molar-refractivity contribution in [2.75, 3.05) is 64.2 Å². The van der Waals surface area contributed by atoms with E-state index in [4.69, 9.17) is 42.4 Å². The van der Waals surface area contributed by atoms with Crippen molar-refractivity contribution in [1.82, 2.24) is 19.4 Å². The van der Waals surface area contributed by atoms with Crippen LogP contribution in [0.3, 0.4) is 0 Å². The number of benzene rings is 2. The van der Waals surface area contributed by atoms with Gasteiger partial charge in [-0.2, -0.15) is 10.2 Å². The Morgan fingerprint density at radius 1 is 1.08 bits per heavy atom. The Kier molecular flexibility index (Phi) is 12.2. The summed E-state index contributed by atoms with van der Waals surface area (Å²) in [4.78, 5) is 38.8. The molecule has 2 aromatic heterocycles. The first-order valence-electron chi connectivity index (χ1n) is 16.5. The fourth-order valence-corrected chi connectivity index (χ4v) is 6.20. The van der Waals surface area contributed by atoms with Crippen molar-refractivity contribution >= 4 is 51.8 Å². The average Bonchev–Trinajstić information content (AvgIpc) is 3.11. The van der Waals surface area contributed by atoms with Gasteiger partial charge in [0.05, 0.1) is 43.2 Å². The number of halogens is 2. The van der Waals surface area contributed by atoms with Crippen molar-refractivity contribution in [1.29, 1.82) is 5.26 Å². The van der Waals surface area contributed by atoms with Gasteiger partial charge in [-0.15, -0.1) is 0 Å². The molecule has 0 atom stereocenters. The third-order valence-corrected chi connectivity index (χ3v) is 8.95. The standard InChI is InChI=1S/C37H41Cl2N7O5/c1-37(2,3)20-25(21-40)34(47)43-30-7-6-23(16-29(30)38)8-10-46-33-24(22-42-36(44-33)41-9-11-45-12-14-51-15-13-45)17-28(35(46)48)27-18-26(49-4)19-31(50-5)32(27)39/h6-7,16-20,22H,8-15H2,1-5H3,(H,43,47)(H,41,42,44). The van der Waals surface area contributed by atoms with E-state index in [-0.39, 0.29) is 28.1 Å². The van der Waals surface area contributed by atoms with E-state index >= 15 is 0 Å². The van der Waals surface area contributed by atoms with Crippen LogP contribution in [0.4, 0.5) is 11.6 Å². The lowest BCUT2D eigenvalue weighted by molar-refractivity contribution is -0.112. The average molecular weight is 735 g/mol.